The van der Waals surface area contributed by atoms with E-state index in [0.29, 0.717) is 34.1 Å². The molecule has 2 unspecified atom stereocenters. The summed E-state index contributed by atoms with van der Waals surface area (Å²) in [5.41, 5.74) is 4.69. The number of benzene rings is 3. The average molecular weight is 606 g/mol. The van der Waals surface area contributed by atoms with Crippen molar-refractivity contribution in [1.29, 1.82) is 0 Å². The first kappa shape index (κ1) is 29.4. The molecular formula is C34H31N5O6. The van der Waals surface area contributed by atoms with Gasteiger partial charge in [-0.2, -0.15) is 4.98 Å². The van der Waals surface area contributed by atoms with Gasteiger partial charge in [-0.05, 0) is 59.7 Å². The lowest BCUT2D eigenvalue weighted by Crippen LogP contribution is -2.29. The molecule has 0 spiro atoms. The fourth-order valence-electron chi connectivity index (χ4n) is 5.57. The van der Waals surface area contributed by atoms with Gasteiger partial charge >= 0.3 is 5.97 Å². The molecule has 3 aromatic carbocycles. The summed E-state index contributed by atoms with van der Waals surface area (Å²) in [7, 11) is 3.30. The van der Waals surface area contributed by atoms with Crippen molar-refractivity contribution in [3.63, 3.8) is 0 Å². The number of nitrogens with zero attached hydrogens (tertiary/aromatic N) is 4. The maximum atomic E-state index is 13.2. The van der Waals surface area contributed by atoms with E-state index in [1.165, 1.54) is 12.4 Å². The number of fused-ring (bicyclic) bond motifs is 1. The second kappa shape index (κ2) is 12.5. The van der Waals surface area contributed by atoms with E-state index in [-0.39, 0.29) is 37.2 Å². The highest BCUT2D eigenvalue weighted by Gasteiger charge is 2.40. The van der Waals surface area contributed by atoms with Gasteiger partial charge in [-0.3, -0.25) is 19.4 Å². The molecule has 1 saturated heterocycles. The molecule has 11 nitrogen and oxygen atoms in total. The minimum Gasteiger partial charge on any atom is -0.497 e. The molecule has 45 heavy (non-hydrogen) atoms. The van der Waals surface area contributed by atoms with E-state index >= 15 is 0 Å². The zero-order valence-electron chi connectivity index (χ0n) is 24.7. The number of likely N-dealkylation sites (N-methyl/N-ethyl adjacent to an activating group) is 1. The first-order valence-corrected chi connectivity index (χ1v) is 14.4. The highest BCUT2D eigenvalue weighted by molar-refractivity contribution is 5.95. The number of carboxylic acid groups (broad SMARTS) is 1. The SMILES string of the molecule is COc1cccc(Nc2nc3ccc(CC(=O)N(C)c4ccc(C5CN(C(=O)c6ccncc6)CC5C(=O)O)cc4)cc3o2)c1. The number of rotatable bonds is 9. The molecule has 1 aliphatic heterocycles. The fourth-order valence-corrected chi connectivity index (χ4v) is 5.57. The van der Waals surface area contributed by atoms with Crippen LogP contribution in [0.3, 0.4) is 0 Å². The number of methoxy groups -OCH3 is 1. The van der Waals surface area contributed by atoms with Gasteiger partial charge in [0.2, 0.25) is 5.91 Å². The number of carbonyl (C=O) groups excluding carboxylic acids is 2. The molecule has 5 aromatic rings. The van der Waals surface area contributed by atoms with Crippen molar-refractivity contribution in [3.05, 3.63) is 108 Å². The lowest BCUT2D eigenvalue weighted by Gasteiger charge is -2.20. The van der Waals surface area contributed by atoms with Crippen molar-refractivity contribution in [2.45, 2.75) is 12.3 Å². The summed E-state index contributed by atoms with van der Waals surface area (Å²) in [5.74, 6) is -1.71. The number of oxazole rings is 1. The first-order valence-electron chi connectivity index (χ1n) is 14.4. The molecule has 1 fully saturated rings. The predicted octanol–water partition coefficient (Wildman–Crippen LogP) is 5.12. The molecule has 6 rings (SSSR count). The second-order valence-corrected chi connectivity index (χ2v) is 10.9. The van der Waals surface area contributed by atoms with E-state index in [1.807, 2.05) is 48.5 Å². The van der Waals surface area contributed by atoms with E-state index in [1.54, 1.807) is 54.3 Å². The van der Waals surface area contributed by atoms with Crippen LogP contribution in [0.1, 0.15) is 27.4 Å². The number of hydrogen-bond donors (Lipinski definition) is 2. The van der Waals surface area contributed by atoms with Crippen LogP contribution in [0.5, 0.6) is 5.75 Å². The van der Waals surface area contributed by atoms with Crippen LogP contribution in [0.2, 0.25) is 0 Å². The molecule has 2 aromatic heterocycles. The summed E-state index contributed by atoms with van der Waals surface area (Å²) < 4.78 is 11.2. The molecule has 2 N–H and O–H groups in total. The normalized spacial score (nSPS) is 16.0. The Kier molecular flexibility index (Phi) is 8.15. The van der Waals surface area contributed by atoms with Crippen molar-refractivity contribution in [2.75, 3.05) is 37.5 Å². The van der Waals surface area contributed by atoms with Crippen molar-refractivity contribution in [3.8, 4) is 5.75 Å². The third kappa shape index (κ3) is 6.32. The number of aliphatic carboxylic acids is 1. The van der Waals surface area contributed by atoms with E-state index < -0.39 is 11.9 Å². The van der Waals surface area contributed by atoms with Gasteiger partial charge in [0.15, 0.2) is 5.58 Å². The van der Waals surface area contributed by atoms with Gasteiger partial charge in [-0.1, -0.05) is 24.3 Å². The topological polar surface area (TPSA) is 138 Å². The second-order valence-electron chi connectivity index (χ2n) is 10.9. The van der Waals surface area contributed by atoms with Crippen molar-refractivity contribution in [2.24, 2.45) is 5.92 Å². The van der Waals surface area contributed by atoms with Crippen molar-refractivity contribution >= 4 is 46.3 Å². The van der Waals surface area contributed by atoms with Crippen LogP contribution in [0.15, 0.2) is 95.7 Å². The Morgan fingerprint density at radius 1 is 1.02 bits per heavy atom. The van der Waals surface area contributed by atoms with Crippen LogP contribution in [0.25, 0.3) is 11.1 Å². The standard InChI is InChI=1S/C34H31N5O6/c1-38(31(40)17-21-6-11-29-30(16-21)45-34(37-29)36-24-4-3-5-26(18-24)44-2)25-9-7-22(8-10-25)27-19-39(20-28(27)33(42)43)32(41)23-12-14-35-15-13-23/h3-16,18,27-28H,17,19-20H2,1-2H3,(H,36,37)(H,42,43). The van der Waals surface area contributed by atoms with E-state index in [2.05, 4.69) is 15.3 Å². The lowest BCUT2D eigenvalue weighted by molar-refractivity contribution is -0.141. The number of hydrogen-bond acceptors (Lipinski definition) is 8. The fraction of sp³-hybridized carbons (Fsp3) is 0.206. The van der Waals surface area contributed by atoms with Crippen molar-refractivity contribution < 1.29 is 28.6 Å². The molecule has 1 aliphatic rings. The van der Waals surface area contributed by atoms with E-state index in [0.717, 1.165) is 16.8 Å². The van der Waals surface area contributed by atoms with Crippen LogP contribution in [0, 0.1) is 5.92 Å². The van der Waals surface area contributed by atoms with Gasteiger partial charge in [0.25, 0.3) is 11.9 Å². The van der Waals surface area contributed by atoms with Gasteiger partial charge in [0.1, 0.15) is 11.3 Å². The molecule has 0 radical (unpaired) electrons. The Bertz CT molecular complexity index is 1860. The summed E-state index contributed by atoms with van der Waals surface area (Å²) in [4.78, 5) is 49.9. The molecule has 228 valence electrons. The zero-order chi connectivity index (χ0) is 31.5. The number of aromatic nitrogens is 2. The van der Waals surface area contributed by atoms with Gasteiger partial charge in [0.05, 0.1) is 19.4 Å². The quantitative estimate of drug-likeness (QED) is 0.234. The van der Waals surface area contributed by atoms with Crippen molar-refractivity contribution in [1.82, 2.24) is 14.9 Å². The summed E-state index contributed by atoms with van der Waals surface area (Å²) in [6.45, 7) is 0.405. The Hall–Kier alpha value is -5.71. The van der Waals surface area contributed by atoms with Gasteiger partial charge in [0, 0.05) is 61.5 Å². The molecule has 0 aliphatic carbocycles. The molecule has 11 heteroatoms. The van der Waals surface area contributed by atoms with E-state index in [4.69, 9.17) is 9.15 Å². The van der Waals surface area contributed by atoms with Crippen LogP contribution in [-0.2, 0) is 16.0 Å². The number of likely N-dealkylation sites (tertiary alicyclic amines) is 1. The summed E-state index contributed by atoms with van der Waals surface area (Å²) in [6.07, 6.45) is 3.22. The number of anilines is 3. The molecule has 0 saturated carbocycles. The first-order chi connectivity index (χ1) is 21.8. The molecule has 2 amide bonds. The smallest absolute Gasteiger partial charge is 0.308 e. The van der Waals surface area contributed by atoms with Gasteiger partial charge in [-0.25, -0.2) is 0 Å². The van der Waals surface area contributed by atoms with E-state index in [9.17, 15) is 19.5 Å². The maximum Gasteiger partial charge on any atom is 0.308 e. The van der Waals surface area contributed by atoms with Crippen LogP contribution in [0.4, 0.5) is 17.4 Å². The molecule has 2 atom stereocenters. The molecule has 3 heterocycles. The minimum atomic E-state index is -0.951. The number of carbonyl (C=O) groups is 3. The van der Waals surface area contributed by atoms with Crippen LogP contribution < -0.4 is 15.0 Å². The third-order valence-electron chi connectivity index (χ3n) is 8.06. The maximum absolute atomic E-state index is 13.2. The number of carboxylic acids is 1. The Morgan fingerprint density at radius 2 is 1.80 bits per heavy atom. The number of pyridine rings is 1. The van der Waals surface area contributed by atoms with Gasteiger partial charge in [-0.15, -0.1) is 0 Å². The lowest BCUT2D eigenvalue weighted by atomic mass is 9.89. The minimum absolute atomic E-state index is 0.120. The average Bonchev–Trinajstić information content (AvgIpc) is 3.69. The van der Waals surface area contributed by atoms with Crippen LogP contribution in [-0.4, -0.2) is 65.0 Å². The predicted molar refractivity (Wildman–Crippen MR) is 168 cm³/mol. The number of ether oxygens (including phenoxy) is 1. The molecule has 0 bridgehead atoms. The molecular weight excluding hydrogens is 574 g/mol. The zero-order valence-corrected chi connectivity index (χ0v) is 24.7. The largest absolute Gasteiger partial charge is 0.497 e. The summed E-state index contributed by atoms with van der Waals surface area (Å²) in [5, 5.41) is 13.0. The highest BCUT2D eigenvalue weighted by atomic mass is 16.5. The highest BCUT2D eigenvalue weighted by Crippen LogP contribution is 2.35. The Morgan fingerprint density at radius 3 is 2.53 bits per heavy atom. The van der Waals surface area contributed by atoms with Gasteiger partial charge < -0.3 is 29.4 Å². The summed E-state index contributed by atoms with van der Waals surface area (Å²) >= 11 is 0. The Labute approximate surface area is 259 Å². The van der Waals surface area contributed by atoms with Crippen LogP contribution >= 0.6 is 0 Å². The monoisotopic (exact) mass is 605 g/mol. The third-order valence-corrected chi connectivity index (χ3v) is 8.06. The number of amides is 2. The summed E-state index contributed by atoms with van der Waals surface area (Å²) in [6, 6.07) is 23.7. The Balaban J connectivity index is 1.11. The number of nitrogens with one attached hydrogen (secondary N) is 1.